The van der Waals surface area contributed by atoms with Crippen molar-refractivity contribution in [2.75, 3.05) is 0 Å². The first-order chi connectivity index (χ1) is 8.07. The second-order valence-corrected chi connectivity index (χ2v) is 5.21. The molecular weight excluding hydrogens is 257 g/mol. The van der Waals surface area contributed by atoms with E-state index in [9.17, 15) is 10.1 Å². The van der Waals surface area contributed by atoms with Gasteiger partial charge in [0.2, 0.25) is 0 Å². The highest BCUT2D eigenvalue weighted by molar-refractivity contribution is 6.42. The molecule has 1 fully saturated rings. The third-order valence-electron chi connectivity index (χ3n) is 3.24. The normalized spacial score (nSPS) is 24.4. The summed E-state index contributed by atoms with van der Waals surface area (Å²) in [4.78, 5) is 11.6. The zero-order valence-corrected chi connectivity index (χ0v) is 10.7. The molecule has 0 aliphatic heterocycles. The molecule has 0 bridgehead atoms. The lowest BCUT2D eigenvalue weighted by Crippen LogP contribution is -2.31. The van der Waals surface area contributed by atoms with Gasteiger partial charge in [0, 0.05) is 12.8 Å². The molecule has 1 saturated carbocycles. The summed E-state index contributed by atoms with van der Waals surface area (Å²) < 4.78 is 0. The van der Waals surface area contributed by atoms with Crippen molar-refractivity contribution in [2.45, 2.75) is 31.1 Å². The van der Waals surface area contributed by atoms with Crippen LogP contribution >= 0.6 is 23.2 Å². The van der Waals surface area contributed by atoms with Crippen molar-refractivity contribution in [3.05, 3.63) is 33.8 Å². The Labute approximate surface area is 110 Å². The smallest absolute Gasteiger partial charge is 0.134 e. The fourth-order valence-electron chi connectivity index (χ4n) is 2.30. The summed E-state index contributed by atoms with van der Waals surface area (Å²) in [6.45, 7) is 0. The molecule has 0 spiro atoms. The number of hydrogen-bond acceptors (Lipinski definition) is 2. The molecule has 88 valence electrons. The number of carbonyl (C=O) groups excluding carboxylic acids is 1. The highest BCUT2D eigenvalue weighted by atomic mass is 35.5. The Hall–Kier alpha value is -1.04. The zero-order chi connectivity index (χ0) is 12.5. The van der Waals surface area contributed by atoms with Crippen LogP contribution in [0.25, 0.3) is 0 Å². The lowest BCUT2D eigenvalue weighted by Gasteiger charge is -2.30. The van der Waals surface area contributed by atoms with E-state index < -0.39 is 5.41 Å². The summed E-state index contributed by atoms with van der Waals surface area (Å²) in [5.41, 5.74) is 0.0752. The monoisotopic (exact) mass is 267 g/mol. The van der Waals surface area contributed by atoms with Gasteiger partial charge in [-0.2, -0.15) is 5.26 Å². The molecule has 0 saturated heterocycles. The molecule has 1 atom stereocenters. The maximum Gasteiger partial charge on any atom is 0.134 e. The first-order valence-electron chi connectivity index (χ1n) is 5.46. The van der Waals surface area contributed by atoms with Gasteiger partial charge in [-0.3, -0.25) is 4.79 Å². The van der Waals surface area contributed by atoms with Crippen LogP contribution in [0.15, 0.2) is 18.2 Å². The van der Waals surface area contributed by atoms with Crippen LogP contribution in [-0.2, 0) is 10.2 Å². The highest BCUT2D eigenvalue weighted by Crippen LogP contribution is 2.39. The Bertz CT molecular complexity index is 507. The number of rotatable bonds is 1. The van der Waals surface area contributed by atoms with E-state index in [1.54, 1.807) is 18.2 Å². The predicted molar refractivity (Wildman–Crippen MR) is 67.2 cm³/mol. The van der Waals surface area contributed by atoms with Gasteiger partial charge in [0.15, 0.2) is 0 Å². The third kappa shape index (κ3) is 2.31. The van der Waals surface area contributed by atoms with Crippen molar-refractivity contribution in [1.29, 1.82) is 5.26 Å². The van der Waals surface area contributed by atoms with Gasteiger partial charge in [-0.05, 0) is 30.5 Å². The second kappa shape index (κ2) is 4.68. The van der Waals surface area contributed by atoms with Gasteiger partial charge in [-0.25, -0.2) is 0 Å². The lowest BCUT2D eigenvalue weighted by atomic mass is 9.70. The Balaban J connectivity index is 2.44. The van der Waals surface area contributed by atoms with Crippen molar-refractivity contribution in [3.8, 4) is 6.07 Å². The van der Waals surface area contributed by atoms with E-state index >= 15 is 0 Å². The van der Waals surface area contributed by atoms with Gasteiger partial charge >= 0.3 is 0 Å². The number of halogens is 2. The standard InChI is InChI=1S/C13H11Cl2NO/c14-11-4-3-9(6-12(11)15)13(8-16)5-1-2-10(17)7-13/h3-4,6H,1-2,5,7H2/t13-/m0/s1. The van der Waals surface area contributed by atoms with Crippen LogP contribution in [-0.4, -0.2) is 5.78 Å². The molecule has 1 aliphatic rings. The average Bonchev–Trinajstić information content (AvgIpc) is 2.32. The molecule has 4 heteroatoms. The molecule has 0 unspecified atom stereocenters. The molecule has 0 radical (unpaired) electrons. The van der Waals surface area contributed by atoms with Gasteiger partial charge < -0.3 is 0 Å². The minimum absolute atomic E-state index is 0.142. The number of Topliss-reactive ketones (excluding diaryl/α,β-unsaturated/α-hetero) is 1. The van der Waals surface area contributed by atoms with Gasteiger partial charge in [-0.1, -0.05) is 29.3 Å². The summed E-state index contributed by atoms with van der Waals surface area (Å²) in [5, 5.41) is 10.3. The summed E-state index contributed by atoms with van der Waals surface area (Å²) in [6.07, 6.45) is 2.31. The topological polar surface area (TPSA) is 40.9 Å². The Morgan fingerprint density at radius 1 is 1.29 bits per heavy atom. The largest absolute Gasteiger partial charge is 0.300 e. The number of carbonyl (C=O) groups is 1. The highest BCUT2D eigenvalue weighted by Gasteiger charge is 2.37. The van der Waals surface area contributed by atoms with E-state index in [4.69, 9.17) is 23.2 Å². The van der Waals surface area contributed by atoms with E-state index in [0.717, 1.165) is 12.0 Å². The first kappa shape index (κ1) is 12.4. The summed E-state index contributed by atoms with van der Waals surface area (Å²) in [7, 11) is 0. The van der Waals surface area contributed by atoms with Crippen LogP contribution in [0.2, 0.25) is 10.0 Å². The minimum Gasteiger partial charge on any atom is -0.300 e. The zero-order valence-electron chi connectivity index (χ0n) is 9.17. The average molecular weight is 268 g/mol. The van der Waals surface area contributed by atoms with Gasteiger partial charge in [-0.15, -0.1) is 0 Å². The molecule has 2 nitrogen and oxygen atoms in total. The van der Waals surface area contributed by atoms with Crippen LogP contribution in [0, 0.1) is 11.3 Å². The van der Waals surface area contributed by atoms with Crippen LogP contribution in [0.4, 0.5) is 0 Å². The maximum atomic E-state index is 11.6. The first-order valence-corrected chi connectivity index (χ1v) is 6.21. The molecule has 0 heterocycles. The SMILES string of the molecule is N#C[C@]1(c2ccc(Cl)c(Cl)c2)CCCC(=O)C1. The predicted octanol–water partition coefficient (Wildman–Crippen LogP) is 3.90. The molecule has 1 aromatic carbocycles. The van der Waals surface area contributed by atoms with Crippen molar-refractivity contribution in [2.24, 2.45) is 0 Å². The fraction of sp³-hybridized carbons (Fsp3) is 0.385. The fourth-order valence-corrected chi connectivity index (χ4v) is 2.60. The maximum absolute atomic E-state index is 11.6. The van der Waals surface area contributed by atoms with Crippen LogP contribution < -0.4 is 0 Å². The van der Waals surface area contributed by atoms with Crippen molar-refractivity contribution in [1.82, 2.24) is 0 Å². The number of benzene rings is 1. The summed E-state index contributed by atoms with van der Waals surface area (Å²) in [5.74, 6) is 0.142. The van der Waals surface area contributed by atoms with Gasteiger partial charge in [0.1, 0.15) is 5.78 Å². The van der Waals surface area contributed by atoms with E-state index in [1.165, 1.54) is 0 Å². The van der Waals surface area contributed by atoms with E-state index in [1.807, 2.05) is 0 Å². The molecule has 0 aromatic heterocycles. The van der Waals surface area contributed by atoms with Crippen LogP contribution in [0.3, 0.4) is 0 Å². The third-order valence-corrected chi connectivity index (χ3v) is 3.98. The number of ketones is 1. The second-order valence-electron chi connectivity index (χ2n) is 4.39. The van der Waals surface area contributed by atoms with Crippen molar-refractivity contribution < 1.29 is 4.79 Å². The molecule has 1 aromatic rings. The van der Waals surface area contributed by atoms with Crippen LogP contribution in [0.1, 0.15) is 31.2 Å². The quantitative estimate of drug-likeness (QED) is 0.775. The number of nitrogens with zero attached hydrogens (tertiary/aromatic N) is 1. The van der Waals surface area contributed by atoms with Gasteiger partial charge in [0.05, 0.1) is 21.5 Å². The summed E-state index contributed by atoms with van der Waals surface area (Å²) in [6, 6.07) is 7.45. The van der Waals surface area contributed by atoms with E-state index in [-0.39, 0.29) is 12.2 Å². The lowest BCUT2D eigenvalue weighted by molar-refractivity contribution is -0.121. The Morgan fingerprint density at radius 3 is 2.65 bits per heavy atom. The summed E-state index contributed by atoms with van der Waals surface area (Å²) >= 11 is 11.8. The molecular formula is C13H11Cl2NO. The number of nitriles is 1. The van der Waals surface area contributed by atoms with E-state index in [0.29, 0.717) is 22.9 Å². The Kier molecular flexibility index (Phi) is 3.42. The van der Waals surface area contributed by atoms with Gasteiger partial charge in [0.25, 0.3) is 0 Å². The molecule has 1 aliphatic carbocycles. The molecule has 17 heavy (non-hydrogen) atoms. The Morgan fingerprint density at radius 2 is 2.06 bits per heavy atom. The molecule has 0 amide bonds. The molecule has 0 N–H and O–H groups in total. The number of hydrogen-bond donors (Lipinski definition) is 0. The van der Waals surface area contributed by atoms with E-state index in [2.05, 4.69) is 6.07 Å². The van der Waals surface area contributed by atoms with Crippen LogP contribution in [0.5, 0.6) is 0 Å². The molecule has 2 rings (SSSR count). The minimum atomic E-state index is -0.719. The van der Waals surface area contributed by atoms with Crippen molar-refractivity contribution >= 4 is 29.0 Å². The van der Waals surface area contributed by atoms with Crippen molar-refractivity contribution in [3.63, 3.8) is 0 Å².